The third-order valence-electron chi connectivity index (χ3n) is 3.85. The van der Waals surface area contributed by atoms with Crippen LogP contribution in [0.3, 0.4) is 0 Å². The fraction of sp³-hybridized carbons (Fsp3) is 0.353. The van der Waals surface area contributed by atoms with Crippen LogP contribution in [-0.4, -0.2) is 40.0 Å². The largest absolute Gasteiger partial charge is 0.473 e. The topological polar surface area (TPSA) is 55.3 Å². The monoisotopic (exact) mass is 297 g/mol. The number of nitrogens with zero attached hydrogens (tertiary/aromatic N) is 3. The summed E-state index contributed by atoms with van der Waals surface area (Å²) < 4.78 is 5.79. The molecule has 1 fully saturated rings. The minimum atomic E-state index is 0.0953. The van der Waals surface area contributed by atoms with Crippen molar-refractivity contribution in [1.29, 1.82) is 0 Å². The summed E-state index contributed by atoms with van der Waals surface area (Å²) in [4.78, 5) is 22.4. The number of amides is 1. The highest BCUT2D eigenvalue weighted by atomic mass is 16.5. The van der Waals surface area contributed by atoms with Crippen LogP contribution in [0.4, 0.5) is 0 Å². The second-order valence-corrected chi connectivity index (χ2v) is 5.52. The van der Waals surface area contributed by atoms with Gasteiger partial charge in [-0.15, -0.1) is 0 Å². The number of ether oxygens (including phenoxy) is 1. The normalized spacial score (nSPS) is 15.6. The molecule has 0 aliphatic carbocycles. The van der Waals surface area contributed by atoms with E-state index >= 15 is 0 Å². The van der Waals surface area contributed by atoms with Gasteiger partial charge in [0, 0.05) is 43.9 Å². The van der Waals surface area contributed by atoms with Crippen LogP contribution in [0, 0.1) is 6.92 Å². The molecule has 1 aromatic carbocycles. The van der Waals surface area contributed by atoms with Crippen LogP contribution in [0.2, 0.25) is 0 Å². The molecule has 0 N–H and O–H groups in total. The highest BCUT2D eigenvalue weighted by Gasteiger charge is 2.24. The molecule has 0 spiro atoms. The van der Waals surface area contributed by atoms with Gasteiger partial charge >= 0.3 is 0 Å². The van der Waals surface area contributed by atoms with Crippen LogP contribution in [-0.2, 0) is 0 Å². The second kappa shape index (κ2) is 6.56. The first-order valence-electron chi connectivity index (χ1n) is 7.51. The molecule has 5 heteroatoms. The lowest BCUT2D eigenvalue weighted by atomic mass is 10.1. The van der Waals surface area contributed by atoms with E-state index in [1.165, 1.54) is 0 Å². The molecule has 0 saturated carbocycles. The SMILES string of the molecule is Cc1ccc(C(=O)N2CCC(Oc3cnccn3)CC2)cc1. The number of hydrogen-bond donors (Lipinski definition) is 0. The average molecular weight is 297 g/mol. The summed E-state index contributed by atoms with van der Waals surface area (Å²) in [5.74, 6) is 0.642. The number of carbonyl (C=O) groups is 1. The smallest absolute Gasteiger partial charge is 0.253 e. The molecular formula is C17H19N3O2. The molecule has 2 aromatic rings. The van der Waals surface area contributed by atoms with Gasteiger partial charge in [0.05, 0.1) is 6.20 Å². The quantitative estimate of drug-likeness (QED) is 0.873. The van der Waals surface area contributed by atoms with Crippen molar-refractivity contribution in [2.45, 2.75) is 25.9 Å². The van der Waals surface area contributed by atoms with Crippen molar-refractivity contribution >= 4 is 5.91 Å². The molecule has 114 valence electrons. The zero-order valence-electron chi connectivity index (χ0n) is 12.6. The predicted octanol–water partition coefficient (Wildman–Crippen LogP) is 2.47. The van der Waals surface area contributed by atoms with Gasteiger partial charge in [-0.25, -0.2) is 4.98 Å². The lowest BCUT2D eigenvalue weighted by Gasteiger charge is -2.32. The van der Waals surface area contributed by atoms with Crippen LogP contribution in [0.25, 0.3) is 0 Å². The Hall–Kier alpha value is -2.43. The first kappa shape index (κ1) is 14.5. The Bertz CT molecular complexity index is 620. The second-order valence-electron chi connectivity index (χ2n) is 5.52. The first-order valence-corrected chi connectivity index (χ1v) is 7.51. The summed E-state index contributed by atoms with van der Waals surface area (Å²) in [7, 11) is 0. The number of benzene rings is 1. The molecule has 0 bridgehead atoms. The number of hydrogen-bond acceptors (Lipinski definition) is 4. The third kappa shape index (κ3) is 3.42. The van der Waals surface area contributed by atoms with E-state index in [2.05, 4.69) is 9.97 Å². The molecule has 22 heavy (non-hydrogen) atoms. The molecule has 1 aliphatic heterocycles. The van der Waals surface area contributed by atoms with Gasteiger partial charge in [-0.05, 0) is 19.1 Å². The maximum absolute atomic E-state index is 12.4. The first-order chi connectivity index (χ1) is 10.7. The van der Waals surface area contributed by atoms with Crippen molar-refractivity contribution < 1.29 is 9.53 Å². The summed E-state index contributed by atoms with van der Waals surface area (Å²) in [6, 6.07) is 7.72. The Morgan fingerprint density at radius 2 is 1.91 bits per heavy atom. The van der Waals surface area contributed by atoms with Crippen molar-refractivity contribution in [3.05, 3.63) is 54.0 Å². The molecule has 1 aromatic heterocycles. The van der Waals surface area contributed by atoms with Crippen LogP contribution >= 0.6 is 0 Å². The molecule has 1 saturated heterocycles. The number of carbonyl (C=O) groups excluding carboxylic acids is 1. The summed E-state index contributed by atoms with van der Waals surface area (Å²) in [5.41, 5.74) is 1.91. The van der Waals surface area contributed by atoms with Crippen LogP contribution in [0.1, 0.15) is 28.8 Å². The Morgan fingerprint density at radius 3 is 2.55 bits per heavy atom. The molecule has 1 amide bonds. The molecule has 0 atom stereocenters. The van der Waals surface area contributed by atoms with Gasteiger partial charge < -0.3 is 9.64 Å². The van der Waals surface area contributed by atoms with Crippen LogP contribution in [0.5, 0.6) is 5.88 Å². The zero-order chi connectivity index (χ0) is 15.4. The Labute approximate surface area is 130 Å². The van der Waals surface area contributed by atoms with Gasteiger partial charge in [-0.3, -0.25) is 9.78 Å². The van der Waals surface area contributed by atoms with Crippen molar-refractivity contribution in [2.75, 3.05) is 13.1 Å². The third-order valence-corrected chi connectivity index (χ3v) is 3.85. The Morgan fingerprint density at radius 1 is 1.18 bits per heavy atom. The minimum Gasteiger partial charge on any atom is -0.473 e. The van der Waals surface area contributed by atoms with Gasteiger partial charge in [-0.1, -0.05) is 17.7 Å². The minimum absolute atomic E-state index is 0.0953. The predicted molar refractivity (Wildman–Crippen MR) is 82.8 cm³/mol. The zero-order valence-corrected chi connectivity index (χ0v) is 12.6. The van der Waals surface area contributed by atoms with E-state index in [-0.39, 0.29) is 12.0 Å². The summed E-state index contributed by atoms with van der Waals surface area (Å²) in [5, 5.41) is 0. The molecule has 0 radical (unpaired) electrons. The molecule has 2 heterocycles. The molecular weight excluding hydrogens is 278 g/mol. The van der Waals surface area contributed by atoms with Gasteiger partial charge in [-0.2, -0.15) is 0 Å². The number of piperidine rings is 1. The van der Waals surface area contributed by atoms with E-state index in [4.69, 9.17) is 4.74 Å². The van der Waals surface area contributed by atoms with E-state index in [9.17, 15) is 4.79 Å². The Balaban J connectivity index is 1.55. The van der Waals surface area contributed by atoms with E-state index in [0.717, 1.165) is 24.0 Å². The molecule has 1 aliphatic rings. The molecule has 3 rings (SSSR count). The maximum atomic E-state index is 12.4. The van der Waals surface area contributed by atoms with Gasteiger partial charge in [0.25, 0.3) is 5.91 Å². The number of rotatable bonds is 3. The van der Waals surface area contributed by atoms with Crippen molar-refractivity contribution in [2.24, 2.45) is 0 Å². The number of aromatic nitrogens is 2. The highest BCUT2D eigenvalue weighted by molar-refractivity contribution is 5.94. The highest BCUT2D eigenvalue weighted by Crippen LogP contribution is 2.18. The van der Waals surface area contributed by atoms with Gasteiger partial charge in [0.2, 0.25) is 5.88 Å². The van der Waals surface area contributed by atoms with Crippen LogP contribution in [0.15, 0.2) is 42.9 Å². The summed E-state index contributed by atoms with van der Waals surface area (Å²) >= 11 is 0. The summed E-state index contributed by atoms with van der Waals surface area (Å²) in [6.45, 7) is 3.43. The maximum Gasteiger partial charge on any atom is 0.253 e. The fourth-order valence-corrected chi connectivity index (χ4v) is 2.57. The number of likely N-dealkylation sites (tertiary alicyclic amines) is 1. The standard InChI is InChI=1S/C17H19N3O2/c1-13-2-4-14(5-3-13)17(21)20-10-6-15(7-11-20)22-16-12-18-8-9-19-16/h2-5,8-9,12,15H,6-7,10-11H2,1H3. The lowest BCUT2D eigenvalue weighted by Crippen LogP contribution is -2.41. The van der Waals surface area contributed by atoms with E-state index < -0.39 is 0 Å². The van der Waals surface area contributed by atoms with Crippen molar-refractivity contribution in [1.82, 2.24) is 14.9 Å². The molecule has 5 nitrogen and oxygen atoms in total. The number of aryl methyl sites for hydroxylation is 1. The van der Waals surface area contributed by atoms with E-state index in [0.29, 0.717) is 19.0 Å². The van der Waals surface area contributed by atoms with Gasteiger partial charge in [0.1, 0.15) is 6.10 Å². The summed E-state index contributed by atoms with van der Waals surface area (Å²) in [6.07, 6.45) is 6.58. The van der Waals surface area contributed by atoms with E-state index in [1.54, 1.807) is 18.6 Å². The van der Waals surface area contributed by atoms with Crippen LogP contribution < -0.4 is 4.74 Å². The van der Waals surface area contributed by atoms with Crippen molar-refractivity contribution in [3.63, 3.8) is 0 Å². The van der Waals surface area contributed by atoms with E-state index in [1.807, 2.05) is 36.1 Å². The molecule has 0 unspecified atom stereocenters. The van der Waals surface area contributed by atoms with Gasteiger partial charge in [0.15, 0.2) is 0 Å². The van der Waals surface area contributed by atoms with Crippen molar-refractivity contribution in [3.8, 4) is 5.88 Å². The fourth-order valence-electron chi connectivity index (χ4n) is 2.57. The Kier molecular flexibility index (Phi) is 4.32. The lowest BCUT2D eigenvalue weighted by molar-refractivity contribution is 0.0587. The average Bonchev–Trinajstić information content (AvgIpc) is 2.57.